The number of para-hydroxylation sites is 1. The topological polar surface area (TPSA) is 121 Å². The first-order valence-corrected chi connectivity index (χ1v) is 15.0. The van der Waals surface area contributed by atoms with Crippen LogP contribution in [0, 0.1) is 6.92 Å². The van der Waals surface area contributed by atoms with Crippen molar-refractivity contribution in [3.8, 4) is 11.4 Å². The Hall–Kier alpha value is -4.03. The highest BCUT2D eigenvalue weighted by Crippen LogP contribution is 2.55. The Morgan fingerprint density at radius 3 is 2.71 bits per heavy atom. The van der Waals surface area contributed by atoms with Crippen molar-refractivity contribution in [2.24, 2.45) is 7.05 Å². The van der Waals surface area contributed by atoms with Crippen LogP contribution in [0.15, 0.2) is 59.8 Å². The van der Waals surface area contributed by atoms with Gasteiger partial charge in [0.25, 0.3) is 0 Å². The molecule has 2 aromatic heterocycles. The number of benzene rings is 2. The van der Waals surface area contributed by atoms with Gasteiger partial charge in [-0.05, 0) is 55.2 Å². The molecule has 0 N–H and O–H groups in total. The summed E-state index contributed by atoms with van der Waals surface area (Å²) in [5.41, 5.74) is 4.53. The maximum absolute atomic E-state index is 13.8. The Balaban J connectivity index is 1.37. The zero-order chi connectivity index (χ0) is 28.9. The summed E-state index contributed by atoms with van der Waals surface area (Å²) in [6.07, 6.45) is 4.62. The number of aryl methyl sites for hydroxylation is 2. The molecule has 0 unspecified atom stereocenters. The quantitative estimate of drug-likeness (QED) is 0.305. The molecule has 0 radical (unpaired) electrons. The van der Waals surface area contributed by atoms with Crippen molar-refractivity contribution in [2.45, 2.75) is 56.1 Å². The zero-order valence-electron chi connectivity index (χ0n) is 23.4. The van der Waals surface area contributed by atoms with E-state index in [1.807, 2.05) is 45.3 Å². The van der Waals surface area contributed by atoms with Crippen LogP contribution in [-0.2, 0) is 28.4 Å². The SMILES string of the molecule is CC[C@@H]1CN(Cc2cc(-n3ncc(C(=O)OC)c3[C@@H]3C[C@H]3c3cn(C)nn3)ccc2C)S(=O)(=O)c2ccccc2O1. The highest BCUT2D eigenvalue weighted by molar-refractivity contribution is 7.89. The molecule has 41 heavy (non-hydrogen) atoms. The van der Waals surface area contributed by atoms with Gasteiger partial charge in [-0.15, -0.1) is 5.10 Å². The molecule has 4 aromatic rings. The smallest absolute Gasteiger partial charge is 0.341 e. The van der Waals surface area contributed by atoms with Crippen LogP contribution < -0.4 is 4.74 Å². The lowest BCUT2D eigenvalue weighted by Crippen LogP contribution is -2.36. The molecule has 0 saturated heterocycles. The molecule has 0 amide bonds. The van der Waals surface area contributed by atoms with Crippen LogP contribution in [-0.4, -0.2) is 63.2 Å². The summed E-state index contributed by atoms with van der Waals surface area (Å²) >= 11 is 0. The number of sulfonamides is 1. The fourth-order valence-corrected chi connectivity index (χ4v) is 7.07. The number of rotatable bonds is 7. The summed E-state index contributed by atoms with van der Waals surface area (Å²) in [6.45, 7) is 4.35. The normalized spacial score (nSPS) is 21.5. The van der Waals surface area contributed by atoms with Gasteiger partial charge in [-0.25, -0.2) is 17.9 Å². The van der Waals surface area contributed by atoms with Gasteiger partial charge in [-0.2, -0.15) is 9.40 Å². The standard InChI is InChI=1S/C29H32N6O5S/c1-5-21-16-34(41(37,38)27-9-7-6-8-26(27)40-21)15-19-12-20(11-10-18(19)2)35-28(24(14-30-35)29(36)39-4)23-13-22(23)25-17-33(3)32-31-25/h6-12,14,17,21-23H,5,13,15-16H2,1-4H3/t21-,22-,23-/m1/s1. The molecule has 0 bridgehead atoms. The Morgan fingerprint density at radius 1 is 1.17 bits per heavy atom. The second-order valence-corrected chi connectivity index (χ2v) is 12.5. The molecule has 1 fully saturated rings. The van der Waals surface area contributed by atoms with Crippen molar-refractivity contribution in [3.63, 3.8) is 0 Å². The minimum atomic E-state index is -3.80. The van der Waals surface area contributed by atoms with Crippen LogP contribution in [0.3, 0.4) is 0 Å². The van der Waals surface area contributed by atoms with E-state index in [2.05, 4.69) is 15.4 Å². The zero-order valence-corrected chi connectivity index (χ0v) is 24.2. The van der Waals surface area contributed by atoms with Gasteiger partial charge in [0.05, 0.1) is 36.9 Å². The number of hydrogen-bond donors (Lipinski definition) is 0. The molecule has 0 spiro atoms. The molecule has 3 atom stereocenters. The van der Waals surface area contributed by atoms with Gasteiger partial charge >= 0.3 is 5.97 Å². The molecule has 3 heterocycles. The van der Waals surface area contributed by atoms with Crippen molar-refractivity contribution < 1.29 is 22.7 Å². The number of nitrogens with zero attached hydrogens (tertiary/aromatic N) is 6. The van der Waals surface area contributed by atoms with Crippen molar-refractivity contribution in [2.75, 3.05) is 13.7 Å². The molecule has 11 nitrogen and oxygen atoms in total. The van der Waals surface area contributed by atoms with E-state index in [9.17, 15) is 13.2 Å². The van der Waals surface area contributed by atoms with Gasteiger partial charge in [-0.3, -0.25) is 4.68 Å². The summed E-state index contributed by atoms with van der Waals surface area (Å²) in [5.74, 6) is 0.0491. The molecule has 1 aliphatic heterocycles. The predicted octanol–water partition coefficient (Wildman–Crippen LogP) is 3.73. The number of carbonyl (C=O) groups excluding carboxylic acids is 1. The minimum absolute atomic E-state index is 0.0120. The van der Waals surface area contributed by atoms with Crippen molar-refractivity contribution in [3.05, 3.63) is 82.9 Å². The van der Waals surface area contributed by atoms with Crippen LogP contribution in [0.1, 0.15) is 64.5 Å². The van der Waals surface area contributed by atoms with Gasteiger partial charge in [0.15, 0.2) is 0 Å². The predicted molar refractivity (Wildman–Crippen MR) is 149 cm³/mol. The van der Waals surface area contributed by atoms with E-state index in [-0.39, 0.29) is 35.9 Å². The van der Waals surface area contributed by atoms with E-state index in [1.54, 1.807) is 33.6 Å². The lowest BCUT2D eigenvalue weighted by Gasteiger charge is -2.23. The first-order chi connectivity index (χ1) is 19.7. The van der Waals surface area contributed by atoms with Gasteiger partial charge < -0.3 is 9.47 Å². The van der Waals surface area contributed by atoms with Gasteiger partial charge in [0, 0.05) is 31.6 Å². The molecule has 2 aliphatic rings. The van der Waals surface area contributed by atoms with E-state index in [4.69, 9.17) is 9.47 Å². The Kier molecular flexibility index (Phi) is 6.90. The van der Waals surface area contributed by atoms with E-state index in [0.29, 0.717) is 17.7 Å². The first-order valence-electron chi connectivity index (χ1n) is 13.6. The van der Waals surface area contributed by atoms with Gasteiger partial charge in [0.2, 0.25) is 10.0 Å². The number of aromatic nitrogens is 5. The van der Waals surface area contributed by atoms with E-state index in [0.717, 1.165) is 34.6 Å². The summed E-state index contributed by atoms with van der Waals surface area (Å²) in [4.78, 5) is 12.9. The molecule has 6 rings (SSSR count). The molecular weight excluding hydrogens is 544 g/mol. The number of esters is 1. The monoisotopic (exact) mass is 576 g/mol. The molecular formula is C29H32N6O5S. The van der Waals surface area contributed by atoms with Crippen LogP contribution in [0.5, 0.6) is 5.75 Å². The maximum Gasteiger partial charge on any atom is 0.341 e. The van der Waals surface area contributed by atoms with Gasteiger partial charge in [-0.1, -0.05) is 30.3 Å². The summed E-state index contributed by atoms with van der Waals surface area (Å²) in [7, 11) is -0.625. The molecule has 2 aromatic carbocycles. The molecule has 12 heteroatoms. The number of hydrogen-bond acceptors (Lipinski definition) is 8. The molecule has 214 valence electrons. The largest absolute Gasteiger partial charge is 0.488 e. The fourth-order valence-electron chi connectivity index (χ4n) is 5.50. The van der Waals surface area contributed by atoms with E-state index in [1.165, 1.54) is 17.6 Å². The highest BCUT2D eigenvalue weighted by atomic mass is 32.2. The summed E-state index contributed by atoms with van der Waals surface area (Å²) in [6, 6.07) is 12.6. The minimum Gasteiger partial charge on any atom is -0.488 e. The maximum atomic E-state index is 13.8. The van der Waals surface area contributed by atoms with Crippen molar-refractivity contribution in [1.82, 2.24) is 29.1 Å². The van der Waals surface area contributed by atoms with Crippen LogP contribution in [0.25, 0.3) is 5.69 Å². The Bertz CT molecular complexity index is 1730. The second-order valence-electron chi connectivity index (χ2n) is 10.6. The van der Waals surface area contributed by atoms with Crippen LogP contribution >= 0.6 is 0 Å². The average molecular weight is 577 g/mol. The lowest BCUT2D eigenvalue weighted by atomic mass is 10.1. The average Bonchev–Trinajstić information content (AvgIpc) is 3.45. The number of fused-ring (bicyclic) bond motifs is 1. The number of methoxy groups -OCH3 is 1. The van der Waals surface area contributed by atoms with Crippen molar-refractivity contribution >= 4 is 16.0 Å². The van der Waals surface area contributed by atoms with Crippen LogP contribution in [0.4, 0.5) is 0 Å². The highest BCUT2D eigenvalue weighted by Gasteiger charge is 2.46. The Morgan fingerprint density at radius 2 is 1.98 bits per heavy atom. The summed E-state index contributed by atoms with van der Waals surface area (Å²) in [5, 5.41) is 12.9. The van der Waals surface area contributed by atoms with Gasteiger partial charge in [0.1, 0.15) is 22.3 Å². The summed E-state index contributed by atoms with van der Waals surface area (Å²) < 4.78 is 43.6. The second kappa shape index (κ2) is 10.4. The van der Waals surface area contributed by atoms with E-state index >= 15 is 0 Å². The molecule has 1 aliphatic carbocycles. The first kappa shape index (κ1) is 27.2. The number of ether oxygens (including phenoxy) is 2. The third kappa shape index (κ3) is 4.91. The van der Waals surface area contributed by atoms with Crippen molar-refractivity contribution in [1.29, 1.82) is 0 Å². The third-order valence-electron chi connectivity index (χ3n) is 7.90. The third-order valence-corrected chi connectivity index (χ3v) is 9.75. The van der Waals surface area contributed by atoms with Crippen LogP contribution in [0.2, 0.25) is 0 Å². The Labute approximate surface area is 238 Å². The lowest BCUT2D eigenvalue weighted by molar-refractivity contribution is 0.0599. The number of carbonyl (C=O) groups is 1. The van der Waals surface area contributed by atoms with E-state index < -0.39 is 16.0 Å². The fraction of sp³-hybridized carbons (Fsp3) is 0.379. The molecule has 1 saturated carbocycles.